The Morgan fingerprint density at radius 2 is 1.83 bits per heavy atom. The smallest absolute Gasteiger partial charge is 0.339 e. The molecule has 1 aliphatic carbocycles. The maximum absolute atomic E-state index is 13.7. The zero-order valence-corrected chi connectivity index (χ0v) is 17.9. The monoisotopic (exact) mass is 480 g/mol. The summed E-state index contributed by atoms with van der Waals surface area (Å²) >= 11 is 3.32. The molecule has 3 aromatic rings. The van der Waals surface area contributed by atoms with Gasteiger partial charge in [-0.15, -0.1) is 0 Å². The second kappa shape index (κ2) is 8.02. The van der Waals surface area contributed by atoms with Crippen molar-refractivity contribution in [3.8, 4) is 11.3 Å². The second-order valence-electron chi connectivity index (χ2n) is 7.53. The lowest BCUT2D eigenvalue weighted by Gasteiger charge is -2.31. The van der Waals surface area contributed by atoms with E-state index in [-0.39, 0.29) is 28.9 Å². The molecule has 0 radical (unpaired) electrons. The van der Waals surface area contributed by atoms with Crippen LogP contribution in [-0.2, 0) is 6.18 Å². The quantitative estimate of drug-likeness (QED) is 0.491. The molecule has 0 N–H and O–H groups in total. The van der Waals surface area contributed by atoms with E-state index in [1.165, 1.54) is 6.20 Å². The first-order valence-corrected chi connectivity index (χ1v) is 10.5. The van der Waals surface area contributed by atoms with Gasteiger partial charge < -0.3 is 4.90 Å². The molecular formula is C21H20BrF3N4O. The Morgan fingerprint density at radius 1 is 1.17 bits per heavy atom. The van der Waals surface area contributed by atoms with Crippen LogP contribution in [0.25, 0.3) is 16.9 Å². The number of halogens is 4. The summed E-state index contributed by atoms with van der Waals surface area (Å²) in [6, 6.07) is 7.85. The third kappa shape index (κ3) is 3.95. The Bertz CT molecular complexity index is 1070. The summed E-state index contributed by atoms with van der Waals surface area (Å²) in [7, 11) is 1.70. The van der Waals surface area contributed by atoms with Crippen molar-refractivity contribution in [2.24, 2.45) is 0 Å². The van der Waals surface area contributed by atoms with Crippen LogP contribution in [0.4, 0.5) is 13.2 Å². The molecule has 158 valence electrons. The number of alkyl halides is 3. The molecule has 2 aromatic heterocycles. The van der Waals surface area contributed by atoms with Gasteiger partial charge in [-0.05, 0) is 31.0 Å². The third-order valence-electron chi connectivity index (χ3n) is 5.58. The Labute approximate surface area is 180 Å². The highest BCUT2D eigenvalue weighted by molar-refractivity contribution is 9.10. The molecule has 4 rings (SSSR count). The molecule has 0 bridgehead atoms. The van der Waals surface area contributed by atoms with Gasteiger partial charge in [-0.2, -0.15) is 18.3 Å². The minimum absolute atomic E-state index is 0.0764. The van der Waals surface area contributed by atoms with Gasteiger partial charge in [0, 0.05) is 23.1 Å². The topological polar surface area (TPSA) is 50.5 Å². The summed E-state index contributed by atoms with van der Waals surface area (Å²) in [6.45, 7) is 0. The van der Waals surface area contributed by atoms with Crippen molar-refractivity contribution in [1.82, 2.24) is 19.5 Å². The van der Waals surface area contributed by atoms with Crippen molar-refractivity contribution in [2.45, 2.75) is 44.3 Å². The normalized spacial score (nSPS) is 15.5. The van der Waals surface area contributed by atoms with E-state index in [4.69, 9.17) is 0 Å². The molecule has 0 saturated heterocycles. The molecule has 1 saturated carbocycles. The Morgan fingerprint density at radius 3 is 2.47 bits per heavy atom. The Balaban J connectivity index is 1.82. The molecule has 0 atom stereocenters. The van der Waals surface area contributed by atoms with Crippen LogP contribution < -0.4 is 0 Å². The number of fused-ring (bicyclic) bond motifs is 1. The molecule has 0 spiro atoms. The number of carbonyl (C=O) groups excluding carboxylic acids is 1. The van der Waals surface area contributed by atoms with Crippen molar-refractivity contribution in [2.75, 3.05) is 7.05 Å². The van der Waals surface area contributed by atoms with E-state index in [0.717, 1.165) is 42.6 Å². The lowest BCUT2D eigenvalue weighted by Crippen LogP contribution is -2.38. The zero-order chi connectivity index (χ0) is 21.5. The first-order valence-electron chi connectivity index (χ1n) is 9.75. The average molecular weight is 481 g/mol. The van der Waals surface area contributed by atoms with Crippen LogP contribution in [-0.4, -0.2) is 38.5 Å². The van der Waals surface area contributed by atoms with Crippen LogP contribution in [0.1, 0.15) is 48.2 Å². The molecule has 30 heavy (non-hydrogen) atoms. The van der Waals surface area contributed by atoms with Crippen molar-refractivity contribution in [3.63, 3.8) is 0 Å². The van der Waals surface area contributed by atoms with E-state index in [2.05, 4.69) is 26.0 Å². The number of benzene rings is 1. The van der Waals surface area contributed by atoms with E-state index in [0.29, 0.717) is 10.1 Å². The molecule has 1 aliphatic rings. The fourth-order valence-electron chi connectivity index (χ4n) is 3.91. The first kappa shape index (κ1) is 20.8. The summed E-state index contributed by atoms with van der Waals surface area (Å²) < 4.78 is 42.8. The molecule has 5 nitrogen and oxygen atoms in total. The van der Waals surface area contributed by atoms with Gasteiger partial charge in [-0.3, -0.25) is 4.79 Å². The van der Waals surface area contributed by atoms with Gasteiger partial charge >= 0.3 is 6.18 Å². The molecule has 1 aromatic carbocycles. The molecular weight excluding hydrogens is 461 g/mol. The van der Waals surface area contributed by atoms with E-state index in [9.17, 15) is 18.0 Å². The number of amides is 1. The molecule has 2 heterocycles. The van der Waals surface area contributed by atoms with Crippen LogP contribution in [0, 0.1) is 0 Å². The predicted octanol–water partition coefficient (Wildman–Crippen LogP) is 5.58. The van der Waals surface area contributed by atoms with Crippen LogP contribution in [0.2, 0.25) is 0 Å². The van der Waals surface area contributed by atoms with Crippen molar-refractivity contribution < 1.29 is 18.0 Å². The molecule has 1 fully saturated rings. The SMILES string of the molecule is CN(C(=O)c1cnn2c(C(F)(F)F)cc(-c3ccc(Br)cc3)nc12)C1CCCCC1. The summed E-state index contributed by atoms with van der Waals surface area (Å²) in [5.74, 6) is -0.356. The van der Waals surface area contributed by atoms with Crippen LogP contribution in [0.15, 0.2) is 41.0 Å². The van der Waals surface area contributed by atoms with Crippen LogP contribution in [0.3, 0.4) is 0 Å². The van der Waals surface area contributed by atoms with Gasteiger partial charge in [0.15, 0.2) is 11.3 Å². The van der Waals surface area contributed by atoms with Gasteiger partial charge in [0.2, 0.25) is 0 Å². The maximum atomic E-state index is 13.7. The Kier molecular flexibility index (Phi) is 5.57. The molecule has 0 unspecified atom stereocenters. The van der Waals surface area contributed by atoms with E-state index >= 15 is 0 Å². The summed E-state index contributed by atoms with van der Waals surface area (Å²) in [5.41, 5.74) is -0.323. The number of hydrogen-bond donors (Lipinski definition) is 0. The zero-order valence-electron chi connectivity index (χ0n) is 16.3. The van der Waals surface area contributed by atoms with Gasteiger partial charge in [0.05, 0.1) is 11.9 Å². The highest BCUT2D eigenvalue weighted by Crippen LogP contribution is 2.33. The van der Waals surface area contributed by atoms with Gasteiger partial charge in [0.1, 0.15) is 5.56 Å². The predicted molar refractivity (Wildman–Crippen MR) is 110 cm³/mol. The van der Waals surface area contributed by atoms with E-state index in [1.54, 1.807) is 36.2 Å². The number of rotatable bonds is 3. The minimum Gasteiger partial charge on any atom is -0.339 e. The van der Waals surface area contributed by atoms with Gasteiger partial charge in [-0.1, -0.05) is 47.3 Å². The number of aromatic nitrogens is 3. The lowest BCUT2D eigenvalue weighted by atomic mass is 9.94. The van der Waals surface area contributed by atoms with Crippen molar-refractivity contribution in [1.29, 1.82) is 0 Å². The van der Waals surface area contributed by atoms with Crippen LogP contribution >= 0.6 is 15.9 Å². The highest BCUT2D eigenvalue weighted by Gasteiger charge is 2.36. The van der Waals surface area contributed by atoms with Crippen LogP contribution in [0.5, 0.6) is 0 Å². The molecule has 9 heteroatoms. The van der Waals surface area contributed by atoms with E-state index < -0.39 is 11.9 Å². The highest BCUT2D eigenvalue weighted by atomic mass is 79.9. The fraction of sp³-hybridized carbons (Fsp3) is 0.381. The van der Waals surface area contributed by atoms with Gasteiger partial charge in [0.25, 0.3) is 5.91 Å². The second-order valence-corrected chi connectivity index (χ2v) is 8.45. The maximum Gasteiger partial charge on any atom is 0.433 e. The number of hydrogen-bond acceptors (Lipinski definition) is 3. The number of nitrogens with zero attached hydrogens (tertiary/aromatic N) is 4. The van der Waals surface area contributed by atoms with Crippen molar-refractivity contribution in [3.05, 3.63) is 52.3 Å². The average Bonchev–Trinajstić information content (AvgIpc) is 3.16. The standard InChI is InChI=1S/C21H20BrF3N4O/c1-28(15-5-3-2-4-6-15)20(30)16-12-26-29-18(21(23,24)25)11-17(27-19(16)29)13-7-9-14(22)10-8-13/h7-12,15H,2-6H2,1H3. The van der Waals surface area contributed by atoms with Crippen molar-refractivity contribution >= 4 is 27.5 Å². The number of carbonyl (C=O) groups is 1. The Hall–Kier alpha value is -2.42. The largest absolute Gasteiger partial charge is 0.433 e. The van der Waals surface area contributed by atoms with E-state index in [1.807, 2.05) is 0 Å². The lowest BCUT2D eigenvalue weighted by molar-refractivity contribution is -0.142. The fourth-order valence-corrected chi connectivity index (χ4v) is 4.17. The molecule has 0 aliphatic heterocycles. The first-order chi connectivity index (χ1) is 14.3. The minimum atomic E-state index is -4.65. The summed E-state index contributed by atoms with van der Waals surface area (Å²) in [5, 5.41) is 3.86. The molecule has 1 amide bonds. The summed E-state index contributed by atoms with van der Waals surface area (Å²) in [4.78, 5) is 19.1. The third-order valence-corrected chi connectivity index (χ3v) is 6.10. The van der Waals surface area contributed by atoms with Gasteiger partial charge in [-0.25, -0.2) is 9.50 Å². The summed E-state index contributed by atoms with van der Waals surface area (Å²) in [6.07, 6.45) is 1.56.